The van der Waals surface area contributed by atoms with Crippen LogP contribution in [0, 0.1) is 5.92 Å². The lowest BCUT2D eigenvalue weighted by atomic mass is 9.86. The van der Waals surface area contributed by atoms with Crippen molar-refractivity contribution in [3.63, 3.8) is 0 Å². The zero-order chi connectivity index (χ0) is 19.4. The Kier molecular flexibility index (Phi) is 12.4. The number of rotatable bonds is 7. The molecule has 0 bridgehead atoms. The van der Waals surface area contributed by atoms with E-state index >= 15 is 0 Å². The maximum absolute atomic E-state index is 13.0. The predicted octanol–water partition coefficient (Wildman–Crippen LogP) is 2.87. The molecular weight excluding hydrogens is 446 g/mol. The molecule has 1 amide bonds. The molecule has 1 N–H and O–H groups in total. The van der Waals surface area contributed by atoms with Crippen LogP contribution in [0.4, 0.5) is 0 Å². The number of carbonyl (C=O) groups excluding carboxylic acids is 2. The van der Waals surface area contributed by atoms with Crippen LogP contribution in [0.3, 0.4) is 0 Å². The molecule has 3 atom stereocenters. The third-order valence-electron chi connectivity index (χ3n) is 5.52. The van der Waals surface area contributed by atoms with Gasteiger partial charge in [-0.15, -0.1) is 0 Å². The smallest absolute Gasteiger partial charge is 0.239 e. The molecule has 0 spiro atoms. The Balaban J connectivity index is 0.00000280. The Bertz CT molecular complexity index is 760. The van der Waals surface area contributed by atoms with Crippen LogP contribution < -0.4 is 5.32 Å². The van der Waals surface area contributed by atoms with E-state index in [4.69, 9.17) is 9.15 Å². The van der Waals surface area contributed by atoms with E-state index in [1.807, 2.05) is 0 Å². The van der Waals surface area contributed by atoms with Crippen molar-refractivity contribution < 1.29 is 27.2 Å². The fraction of sp³-hybridized carbons (Fsp3) is 0.700. The highest BCUT2D eigenvalue weighted by Crippen LogP contribution is 2.30. The molecule has 2 heterocycles. The zero-order valence-electron chi connectivity index (χ0n) is 16.6. The fourth-order valence-corrected chi connectivity index (χ4v) is 5.66. The van der Waals surface area contributed by atoms with Crippen LogP contribution in [0.2, 0.25) is 0 Å². The molecule has 2 aliphatic rings. The first-order chi connectivity index (χ1) is 12.9. The van der Waals surface area contributed by atoms with Crippen molar-refractivity contribution in [2.75, 3.05) is 6.61 Å². The lowest BCUT2D eigenvalue weighted by Crippen LogP contribution is -2.50. The van der Waals surface area contributed by atoms with Crippen molar-refractivity contribution in [3.05, 3.63) is 24.2 Å². The first kappa shape index (κ1) is 29.0. The topological polar surface area (TPSA) is 103 Å². The van der Waals surface area contributed by atoms with Gasteiger partial charge in [0.15, 0.2) is 15.6 Å². The van der Waals surface area contributed by atoms with Crippen molar-refractivity contribution in [3.8, 4) is 0 Å². The van der Waals surface area contributed by atoms with Gasteiger partial charge in [-0.25, -0.2) is 8.42 Å². The van der Waals surface area contributed by atoms with Gasteiger partial charge >= 0.3 is 0 Å². The number of amides is 1. The molecule has 3 rings (SSSR count). The summed E-state index contributed by atoms with van der Waals surface area (Å²) in [5.41, 5.74) is 0. The first-order valence-electron chi connectivity index (χ1n) is 9.55. The van der Waals surface area contributed by atoms with Crippen molar-refractivity contribution in [1.82, 2.24) is 5.32 Å². The van der Waals surface area contributed by atoms with Crippen LogP contribution in [-0.2, 0) is 29.9 Å². The quantitative estimate of drug-likeness (QED) is 0.642. The maximum atomic E-state index is 13.0. The van der Waals surface area contributed by atoms with Crippen molar-refractivity contribution in [2.45, 2.75) is 76.0 Å². The number of furan rings is 1. The normalized spacial score (nSPS) is 22.9. The minimum Gasteiger partial charge on any atom is -0.468 e. The van der Waals surface area contributed by atoms with Crippen LogP contribution in [-0.4, -0.2) is 44.1 Å². The molecule has 1 aliphatic carbocycles. The molecule has 1 aliphatic heterocycles. The molecule has 0 unspecified atom stereocenters. The number of hydrogen-bond acceptors (Lipinski definition) is 6. The number of carbonyl (C=O) groups is 2. The summed E-state index contributed by atoms with van der Waals surface area (Å²) in [5.74, 6) is -0.646. The van der Waals surface area contributed by atoms with E-state index in [-0.39, 0.29) is 64.9 Å². The van der Waals surface area contributed by atoms with Crippen LogP contribution in [0.25, 0.3) is 0 Å². The largest absolute Gasteiger partial charge is 0.468 e. The summed E-state index contributed by atoms with van der Waals surface area (Å²) in [5, 5.41) is 1.44. The molecule has 1 aromatic rings. The molecule has 2 fully saturated rings. The van der Waals surface area contributed by atoms with E-state index < -0.39 is 33.1 Å². The second-order valence-corrected chi connectivity index (χ2v) is 9.77. The Hall–Kier alpha value is -0.970. The lowest BCUT2D eigenvalue weighted by Gasteiger charge is -2.27. The molecule has 1 aromatic heterocycles. The summed E-state index contributed by atoms with van der Waals surface area (Å²) in [6.45, 7) is 1.64. The van der Waals surface area contributed by atoms with Gasteiger partial charge in [0.05, 0.1) is 12.4 Å². The molecule has 10 heteroatoms. The number of ketones is 1. The standard InChI is InChI=1S/C19H27NO6S.CH4.2H2S/c1-13-18(16(21)11-26-13)20-19(22)17(10-14-6-3-2-4-7-14)27(23,24)12-15-8-5-9-25-15;;;/h5,8-9,13-14,17-18H,2-4,6-7,10-12H2,1H3,(H,20,22);1H4;2*1H2/t13-,17+,18-;;;/m0.../s1. The van der Waals surface area contributed by atoms with E-state index in [9.17, 15) is 18.0 Å². The Morgan fingerprint density at radius 2 is 1.90 bits per heavy atom. The Labute approximate surface area is 193 Å². The van der Waals surface area contributed by atoms with E-state index in [2.05, 4.69) is 5.32 Å². The third-order valence-corrected chi connectivity index (χ3v) is 7.48. The molecule has 7 nitrogen and oxygen atoms in total. The minimum absolute atomic E-state index is 0. The maximum Gasteiger partial charge on any atom is 0.239 e. The van der Waals surface area contributed by atoms with Gasteiger partial charge in [0.25, 0.3) is 0 Å². The van der Waals surface area contributed by atoms with Gasteiger partial charge < -0.3 is 14.5 Å². The van der Waals surface area contributed by atoms with Gasteiger partial charge in [-0.05, 0) is 31.4 Å². The van der Waals surface area contributed by atoms with Crippen LogP contribution in [0.1, 0.15) is 58.6 Å². The minimum atomic E-state index is -3.78. The van der Waals surface area contributed by atoms with Crippen molar-refractivity contribution >= 4 is 48.5 Å². The van der Waals surface area contributed by atoms with E-state index in [1.54, 1.807) is 19.1 Å². The highest BCUT2D eigenvalue weighted by molar-refractivity contribution is 7.92. The van der Waals surface area contributed by atoms with Crippen LogP contribution >= 0.6 is 27.0 Å². The summed E-state index contributed by atoms with van der Waals surface area (Å²) < 4.78 is 36.4. The van der Waals surface area contributed by atoms with Gasteiger partial charge in [-0.2, -0.15) is 27.0 Å². The number of Topliss-reactive ketones (excluding diaryl/α,β-unsaturated/α-hetero) is 1. The molecule has 30 heavy (non-hydrogen) atoms. The lowest BCUT2D eigenvalue weighted by molar-refractivity contribution is -0.126. The molecule has 174 valence electrons. The highest BCUT2D eigenvalue weighted by atomic mass is 32.2. The second-order valence-electron chi connectivity index (χ2n) is 7.58. The van der Waals surface area contributed by atoms with Crippen LogP contribution in [0.15, 0.2) is 22.8 Å². The van der Waals surface area contributed by atoms with E-state index in [0.717, 1.165) is 32.1 Å². The molecule has 0 aromatic carbocycles. The monoisotopic (exact) mass is 481 g/mol. The predicted molar refractivity (Wildman–Crippen MR) is 126 cm³/mol. The van der Waals surface area contributed by atoms with Gasteiger partial charge in [-0.3, -0.25) is 9.59 Å². The van der Waals surface area contributed by atoms with E-state index in [0.29, 0.717) is 5.76 Å². The number of nitrogens with one attached hydrogen (secondary N) is 1. The SMILES string of the molecule is C.C[C@@H]1OCC(=O)[C@H]1NC(=O)[C@@H](CC1CCCCC1)S(=O)(=O)Cc1ccco1.S.S. The molecule has 0 radical (unpaired) electrons. The van der Waals surface area contributed by atoms with Crippen molar-refractivity contribution in [2.24, 2.45) is 5.92 Å². The van der Waals surface area contributed by atoms with Crippen LogP contribution in [0.5, 0.6) is 0 Å². The van der Waals surface area contributed by atoms with Gasteiger partial charge in [0.2, 0.25) is 5.91 Å². The average Bonchev–Trinajstić information content (AvgIpc) is 3.25. The van der Waals surface area contributed by atoms with Gasteiger partial charge in [-0.1, -0.05) is 39.5 Å². The molecule has 1 saturated heterocycles. The second kappa shape index (κ2) is 12.8. The first-order valence-corrected chi connectivity index (χ1v) is 11.3. The molecule has 1 saturated carbocycles. The number of hydrogen-bond donors (Lipinski definition) is 1. The van der Waals surface area contributed by atoms with Gasteiger partial charge in [0, 0.05) is 0 Å². The van der Waals surface area contributed by atoms with Crippen molar-refractivity contribution in [1.29, 1.82) is 0 Å². The zero-order valence-corrected chi connectivity index (χ0v) is 19.4. The Morgan fingerprint density at radius 3 is 2.43 bits per heavy atom. The summed E-state index contributed by atoms with van der Waals surface area (Å²) in [4.78, 5) is 24.8. The average molecular weight is 482 g/mol. The van der Waals surface area contributed by atoms with E-state index in [1.165, 1.54) is 6.26 Å². The summed E-state index contributed by atoms with van der Waals surface area (Å²) in [6.07, 6.45) is 6.38. The summed E-state index contributed by atoms with van der Waals surface area (Å²) in [6, 6.07) is 2.42. The number of ether oxygens (including phenoxy) is 1. The molecular formula is C20H35NO6S3. The van der Waals surface area contributed by atoms with Gasteiger partial charge in [0.1, 0.15) is 29.4 Å². The third kappa shape index (κ3) is 7.32. The summed E-state index contributed by atoms with van der Waals surface area (Å²) >= 11 is 0. The Morgan fingerprint density at radius 1 is 1.23 bits per heavy atom. The highest BCUT2D eigenvalue weighted by Gasteiger charge is 2.40. The number of sulfone groups is 1. The fourth-order valence-electron chi connectivity index (χ4n) is 3.94. The summed E-state index contributed by atoms with van der Waals surface area (Å²) in [7, 11) is -3.78.